The topological polar surface area (TPSA) is 81.7 Å². The van der Waals surface area contributed by atoms with Crippen LogP contribution in [-0.4, -0.2) is 53.7 Å². The van der Waals surface area contributed by atoms with Gasteiger partial charge in [0, 0.05) is 18.6 Å². The summed E-state index contributed by atoms with van der Waals surface area (Å²) in [5.74, 6) is -1.06. The molecule has 2 aliphatic rings. The van der Waals surface area contributed by atoms with Crippen LogP contribution in [-0.2, 0) is 4.79 Å². The standard InChI is InChI=1S/C15H27N3O3/c1-11(18-7-2-3-8-18)10-16-15(21)17-13-6-4-5-12(9-13)14(19)20/h11-13H,2-10H2,1H3,(H,19,20)(H2,16,17,21). The molecule has 2 fully saturated rings. The van der Waals surface area contributed by atoms with Gasteiger partial charge in [-0.25, -0.2) is 4.79 Å². The van der Waals surface area contributed by atoms with Gasteiger partial charge < -0.3 is 15.7 Å². The zero-order chi connectivity index (χ0) is 15.2. The molecule has 1 aliphatic carbocycles. The average molecular weight is 297 g/mol. The van der Waals surface area contributed by atoms with E-state index in [1.807, 2.05) is 0 Å². The molecular formula is C15H27N3O3. The summed E-state index contributed by atoms with van der Waals surface area (Å²) >= 11 is 0. The first kappa shape index (κ1) is 16.1. The van der Waals surface area contributed by atoms with Gasteiger partial charge in [-0.1, -0.05) is 6.42 Å². The number of likely N-dealkylation sites (tertiary alicyclic amines) is 1. The molecule has 3 atom stereocenters. The fourth-order valence-electron chi connectivity index (χ4n) is 3.33. The van der Waals surface area contributed by atoms with Crippen molar-refractivity contribution < 1.29 is 14.7 Å². The molecule has 0 aromatic carbocycles. The number of amides is 2. The van der Waals surface area contributed by atoms with Crippen LogP contribution in [0.15, 0.2) is 0 Å². The van der Waals surface area contributed by atoms with Gasteiger partial charge in [-0.2, -0.15) is 0 Å². The van der Waals surface area contributed by atoms with Gasteiger partial charge >= 0.3 is 12.0 Å². The summed E-state index contributed by atoms with van der Waals surface area (Å²) in [6.07, 6.45) is 5.50. The minimum atomic E-state index is -0.746. The lowest BCUT2D eigenvalue weighted by Gasteiger charge is -2.28. The van der Waals surface area contributed by atoms with Crippen molar-refractivity contribution in [1.82, 2.24) is 15.5 Å². The molecule has 2 rings (SSSR count). The largest absolute Gasteiger partial charge is 0.481 e. The minimum absolute atomic E-state index is 0.0121. The van der Waals surface area contributed by atoms with Crippen LogP contribution in [0.25, 0.3) is 0 Å². The molecule has 0 aromatic rings. The maximum atomic E-state index is 11.9. The van der Waals surface area contributed by atoms with Gasteiger partial charge in [-0.05, 0) is 52.1 Å². The minimum Gasteiger partial charge on any atom is -0.481 e. The van der Waals surface area contributed by atoms with Crippen LogP contribution in [0.3, 0.4) is 0 Å². The van der Waals surface area contributed by atoms with Crippen molar-refractivity contribution in [3.8, 4) is 0 Å². The van der Waals surface area contributed by atoms with Gasteiger partial charge in [-0.3, -0.25) is 9.69 Å². The molecule has 1 heterocycles. The summed E-state index contributed by atoms with van der Waals surface area (Å²) in [6, 6.07) is 0.176. The average Bonchev–Trinajstić information content (AvgIpc) is 2.99. The molecule has 1 aliphatic heterocycles. The van der Waals surface area contributed by atoms with Crippen molar-refractivity contribution >= 4 is 12.0 Å². The molecule has 120 valence electrons. The molecule has 3 unspecified atom stereocenters. The molecule has 6 nitrogen and oxygen atoms in total. The SMILES string of the molecule is CC(CNC(=O)NC1CCCC(C(=O)O)C1)N1CCCC1. The van der Waals surface area contributed by atoms with Crippen LogP contribution >= 0.6 is 0 Å². The van der Waals surface area contributed by atoms with Gasteiger partial charge in [0.05, 0.1) is 5.92 Å². The number of hydrogen-bond donors (Lipinski definition) is 3. The zero-order valence-electron chi connectivity index (χ0n) is 12.8. The number of urea groups is 1. The number of hydrogen-bond acceptors (Lipinski definition) is 3. The van der Waals surface area contributed by atoms with E-state index in [4.69, 9.17) is 5.11 Å². The monoisotopic (exact) mass is 297 g/mol. The lowest BCUT2D eigenvalue weighted by atomic mass is 9.86. The molecular weight excluding hydrogens is 270 g/mol. The van der Waals surface area contributed by atoms with Crippen LogP contribution in [0.2, 0.25) is 0 Å². The van der Waals surface area contributed by atoms with Gasteiger partial charge in [0.15, 0.2) is 0 Å². The van der Waals surface area contributed by atoms with Crippen LogP contribution in [0, 0.1) is 5.92 Å². The Bertz CT molecular complexity index is 369. The van der Waals surface area contributed by atoms with Gasteiger partial charge in [0.1, 0.15) is 0 Å². The third kappa shape index (κ3) is 4.88. The molecule has 0 radical (unpaired) electrons. The predicted octanol–water partition coefficient (Wildman–Crippen LogP) is 1.41. The van der Waals surface area contributed by atoms with Crippen molar-refractivity contribution in [3.05, 3.63) is 0 Å². The number of rotatable bonds is 5. The number of aliphatic carboxylic acids is 1. The summed E-state index contributed by atoms with van der Waals surface area (Å²) in [6.45, 7) is 5.01. The van der Waals surface area contributed by atoms with Crippen molar-refractivity contribution in [2.75, 3.05) is 19.6 Å². The first-order valence-corrected chi connectivity index (χ1v) is 8.07. The summed E-state index contributed by atoms with van der Waals surface area (Å²) in [7, 11) is 0. The molecule has 1 saturated carbocycles. The Hall–Kier alpha value is -1.30. The smallest absolute Gasteiger partial charge is 0.315 e. The highest BCUT2D eigenvalue weighted by atomic mass is 16.4. The number of carboxylic acid groups (broad SMARTS) is 1. The Kier molecular flexibility index (Phi) is 5.85. The van der Waals surface area contributed by atoms with Crippen LogP contribution < -0.4 is 10.6 Å². The van der Waals surface area contributed by atoms with Crippen molar-refractivity contribution in [2.24, 2.45) is 5.92 Å². The molecule has 6 heteroatoms. The molecule has 0 bridgehead atoms. The normalized spacial score (nSPS) is 28.0. The highest BCUT2D eigenvalue weighted by Gasteiger charge is 2.28. The van der Waals surface area contributed by atoms with Gasteiger partial charge in [0.2, 0.25) is 0 Å². The first-order chi connectivity index (χ1) is 10.1. The Morgan fingerprint density at radius 3 is 2.62 bits per heavy atom. The Balaban J connectivity index is 1.67. The van der Waals surface area contributed by atoms with E-state index < -0.39 is 5.97 Å². The molecule has 3 N–H and O–H groups in total. The lowest BCUT2D eigenvalue weighted by Crippen LogP contribution is -2.48. The summed E-state index contributed by atoms with van der Waals surface area (Å²) in [5.41, 5.74) is 0. The van der Waals surface area contributed by atoms with E-state index in [9.17, 15) is 9.59 Å². The molecule has 1 saturated heterocycles. The molecule has 21 heavy (non-hydrogen) atoms. The Morgan fingerprint density at radius 2 is 1.95 bits per heavy atom. The number of carbonyl (C=O) groups is 2. The zero-order valence-corrected chi connectivity index (χ0v) is 12.8. The van der Waals surface area contributed by atoms with E-state index in [1.165, 1.54) is 12.8 Å². The third-order valence-corrected chi connectivity index (χ3v) is 4.68. The fourth-order valence-corrected chi connectivity index (χ4v) is 3.33. The van der Waals surface area contributed by atoms with E-state index >= 15 is 0 Å². The predicted molar refractivity (Wildman–Crippen MR) is 80.2 cm³/mol. The second-order valence-electron chi connectivity index (χ2n) is 6.35. The molecule has 0 aromatic heterocycles. The lowest BCUT2D eigenvalue weighted by molar-refractivity contribution is -0.143. The maximum absolute atomic E-state index is 11.9. The number of nitrogens with zero attached hydrogens (tertiary/aromatic N) is 1. The van der Waals surface area contributed by atoms with Crippen molar-refractivity contribution in [3.63, 3.8) is 0 Å². The van der Waals surface area contributed by atoms with Crippen molar-refractivity contribution in [1.29, 1.82) is 0 Å². The summed E-state index contributed by atoms with van der Waals surface area (Å²) in [4.78, 5) is 25.3. The van der Waals surface area contributed by atoms with E-state index in [0.717, 1.165) is 32.4 Å². The Labute approximate surface area is 126 Å². The quantitative estimate of drug-likeness (QED) is 0.716. The highest BCUT2D eigenvalue weighted by molar-refractivity contribution is 5.74. The first-order valence-electron chi connectivity index (χ1n) is 8.07. The van der Waals surface area contributed by atoms with Crippen molar-refractivity contribution in [2.45, 2.75) is 57.5 Å². The van der Waals surface area contributed by atoms with Crippen LogP contribution in [0.1, 0.15) is 45.4 Å². The Morgan fingerprint density at radius 1 is 1.24 bits per heavy atom. The number of nitrogens with one attached hydrogen (secondary N) is 2. The maximum Gasteiger partial charge on any atom is 0.315 e. The van der Waals surface area contributed by atoms with E-state index in [1.54, 1.807) is 0 Å². The van der Waals surface area contributed by atoms with Gasteiger partial charge in [0.25, 0.3) is 0 Å². The third-order valence-electron chi connectivity index (χ3n) is 4.68. The number of carboxylic acids is 1. The summed E-state index contributed by atoms with van der Waals surface area (Å²) < 4.78 is 0. The molecule has 2 amide bonds. The van der Waals surface area contributed by atoms with E-state index in [0.29, 0.717) is 19.0 Å². The second-order valence-corrected chi connectivity index (χ2v) is 6.35. The summed E-state index contributed by atoms with van der Waals surface area (Å²) in [5, 5.41) is 14.9. The molecule has 0 spiro atoms. The second kappa shape index (κ2) is 7.64. The van der Waals surface area contributed by atoms with E-state index in [-0.39, 0.29) is 18.0 Å². The van der Waals surface area contributed by atoms with E-state index in [2.05, 4.69) is 22.5 Å². The van der Waals surface area contributed by atoms with Gasteiger partial charge in [-0.15, -0.1) is 0 Å². The van der Waals surface area contributed by atoms with Crippen LogP contribution in [0.4, 0.5) is 4.79 Å². The fraction of sp³-hybridized carbons (Fsp3) is 0.867. The highest BCUT2D eigenvalue weighted by Crippen LogP contribution is 2.24. The number of carbonyl (C=O) groups excluding carboxylic acids is 1. The van der Waals surface area contributed by atoms with Crippen LogP contribution in [0.5, 0.6) is 0 Å².